The Labute approximate surface area is 180 Å². The highest BCUT2D eigenvalue weighted by molar-refractivity contribution is 5.89. The van der Waals surface area contributed by atoms with Gasteiger partial charge >= 0.3 is 0 Å². The Morgan fingerprint density at radius 1 is 0.935 bits per heavy atom. The second-order valence-corrected chi connectivity index (χ2v) is 8.21. The van der Waals surface area contributed by atoms with Crippen LogP contribution in [0, 0.1) is 6.92 Å². The van der Waals surface area contributed by atoms with E-state index in [1.54, 1.807) is 23.3 Å². The van der Waals surface area contributed by atoms with Gasteiger partial charge in [0, 0.05) is 49.5 Å². The van der Waals surface area contributed by atoms with E-state index in [-0.39, 0.29) is 11.6 Å². The Hall–Kier alpha value is -3.55. The fourth-order valence-corrected chi connectivity index (χ4v) is 4.18. The summed E-state index contributed by atoms with van der Waals surface area (Å²) in [5.74, 6) is 1.73. The van der Waals surface area contributed by atoms with Crippen molar-refractivity contribution in [1.82, 2.24) is 24.5 Å². The van der Waals surface area contributed by atoms with Crippen molar-refractivity contribution in [3.05, 3.63) is 59.2 Å². The highest BCUT2D eigenvalue weighted by atomic mass is 16.1. The van der Waals surface area contributed by atoms with Gasteiger partial charge in [0.1, 0.15) is 11.6 Å². The van der Waals surface area contributed by atoms with Crippen LogP contribution in [0.15, 0.2) is 47.8 Å². The summed E-state index contributed by atoms with van der Waals surface area (Å²) in [4.78, 5) is 35.3. The molecule has 8 nitrogen and oxygen atoms in total. The summed E-state index contributed by atoms with van der Waals surface area (Å²) in [6.45, 7) is 9.34. The number of anilines is 2. The standard InChI is InChI=1S/C23H25N7O/c1-15(2)30-14-25-20-12-17(4-5-19(20)23(30)31)28-8-10-29(11-9-28)22-18-6-7-24-13-21(18)26-16(3)27-22/h4-7,12-15H,8-11H2,1-3H3. The summed E-state index contributed by atoms with van der Waals surface area (Å²) < 4.78 is 1.67. The van der Waals surface area contributed by atoms with Crippen LogP contribution in [0.25, 0.3) is 21.8 Å². The first-order valence-electron chi connectivity index (χ1n) is 10.6. The van der Waals surface area contributed by atoms with Crippen molar-refractivity contribution in [1.29, 1.82) is 0 Å². The minimum absolute atomic E-state index is 0.0110. The fourth-order valence-electron chi connectivity index (χ4n) is 4.18. The van der Waals surface area contributed by atoms with E-state index >= 15 is 0 Å². The average Bonchev–Trinajstić information content (AvgIpc) is 2.78. The van der Waals surface area contributed by atoms with E-state index in [2.05, 4.69) is 24.8 Å². The monoisotopic (exact) mass is 415 g/mol. The van der Waals surface area contributed by atoms with Crippen molar-refractivity contribution in [2.45, 2.75) is 26.8 Å². The van der Waals surface area contributed by atoms with Gasteiger partial charge in [0.25, 0.3) is 5.56 Å². The highest BCUT2D eigenvalue weighted by Gasteiger charge is 2.21. The van der Waals surface area contributed by atoms with E-state index in [9.17, 15) is 4.79 Å². The molecule has 0 saturated carbocycles. The summed E-state index contributed by atoms with van der Waals surface area (Å²) in [6.07, 6.45) is 5.23. The van der Waals surface area contributed by atoms with Crippen LogP contribution >= 0.6 is 0 Å². The molecule has 0 spiro atoms. The van der Waals surface area contributed by atoms with Gasteiger partial charge in [0.05, 0.1) is 28.9 Å². The Kier molecular flexibility index (Phi) is 4.77. The number of benzene rings is 1. The summed E-state index contributed by atoms with van der Waals surface area (Å²) in [5.41, 5.74) is 2.72. The fraction of sp³-hybridized carbons (Fsp3) is 0.348. The van der Waals surface area contributed by atoms with E-state index in [0.29, 0.717) is 5.39 Å². The van der Waals surface area contributed by atoms with Crippen LogP contribution in [-0.4, -0.2) is 50.7 Å². The molecular weight excluding hydrogens is 390 g/mol. The van der Waals surface area contributed by atoms with Gasteiger partial charge in [0.15, 0.2) is 0 Å². The van der Waals surface area contributed by atoms with Gasteiger partial charge in [-0.15, -0.1) is 0 Å². The number of aromatic nitrogens is 5. The third kappa shape index (κ3) is 3.48. The number of hydrogen-bond donors (Lipinski definition) is 0. The lowest BCUT2D eigenvalue weighted by Crippen LogP contribution is -2.47. The largest absolute Gasteiger partial charge is 0.368 e. The number of fused-ring (bicyclic) bond motifs is 2. The smallest absolute Gasteiger partial charge is 0.261 e. The minimum atomic E-state index is 0.0110. The second-order valence-electron chi connectivity index (χ2n) is 8.21. The summed E-state index contributed by atoms with van der Waals surface area (Å²) >= 11 is 0. The number of pyridine rings is 1. The predicted octanol–water partition coefficient (Wildman–Crippen LogP) is 2.95. The predicted molar refractivity (Wildman–Crippen MR) is 123 cm³/mol. The molecule has 0 atom stereocenters. The Bertz CT molecular complexity index is 1320. The molecule has 5 rings (SSSR count). The molecule has 4 aromatic rings. The van der Waals surface area contributed by atoms with E-state index in [1.807, 2.05) is 45.0 Å². The van der Waals surface area contributed by atoms with Crippen molar-refractivity contribution >= 4 is 33.3 Å². The lowest BCUT2D eigenvalue weighted by atomic mass is 10.1. The highest BCUT2D eigenvalue weighted by Crippen LogP contribution is 2.26. The third-order valence-electron chi connectivity index (χ3n) is 5.86. The molecule has 1 aliphatic heterocycles. The number of hydrogen-bond acceptors (Lipinski definition) is 7. The van der Waals surface area contributed by atoms with Crippen LogP contribution in [-0.2, 0) is 0 Å². The lowest BCUT2D eigenvalue weighted by molar-refractivity contribution is 0.573. The van der Waals surface area contributed by atoms with Gasteiger partial charge in [-0.2, -0.15) is 0 Å². The van der Waals surface area contributed by atoms with Crippen LogP contribution in [0.3, 0.4) is 0 Å². The lowest BCUT2D eigenvalue weighted by Gasteiger charge is -2.37. The molecule has 0 amide bonds. The van der Waals surface area contributed by atoms with Crippen LogP contribution < -0.4 is 15.4 Å². The summed E-state index contributed by atoms with van der Waals surface area (Å²) in [7, 11) is 0. The van der Waals surface area contributed by atoms with E-state index in [4.69, 9.17) is 4.98 Å². The van der Waals surface area contributed by atoms with Crippen molar-refractivity contribution in [2.24, 2.45) is 0 Å². The zero-order valence-electron chi connectivity index (χ0n) is 18.0. The molecule has 31 heavy (non-hydrogen) atoms. The van der Waals surface area contributed by atoms with Crippen LogP contribution in [0.4, 0.5) is 11.5 Å². The average molecular weight is 416 g/mol. The molecule has 8 heteroatoms. The molecule has 3 aromatic heterocycles. The van der Waals surface area contributed by atoms with E-state index in [0.717, 1.165) is 59.9 Å². The quantitative estimate of drug-likeness (QED) is 0.509. The van der Waals surface area contributed by atoms with Gasteiger partial charge in [-0.1, -0.05) is 0 Å². The Balaban J connectivity index is 1.39. The number of aryl methyl sites for hydroxylation is 1. The zero-order valence-corrected chi connectivity index (χ0v) is 18.0. The number of piperazine rings is 1. The molecule has 1 saturated heterocycles. The minimum Gasteiger partial charge on any atom is -0.368 e. The van der Waals surface area contributed by atoms with Crippen molar-refractivity contribution in [3.8, 4) is 0 Å². The first kappa shape index (κ1) is 19.4. The van der Waals surface area contributed by atoms with Gasteiger partial charge in [-0.3, -0.25) is 14.3 Å². The van der Waals surface area contributed by atoms with Crippen LogP contribution in [0.1, 0.15) is 25.7 Å². The molecule has 158 valence electrons. The molecule has 0 bridgehead atoms. The maximum Gasteiger partial charge on any atom is 0.261 e. The second kappa shape index (κ2) is 7.61. The van der Waals surface area contributed by atoms with E-state index < -0.39 is 0 Å². The molecule has 0 N–H and O–H groups in total. The molecule has 4 heterocycles. The molecule has 1 fully saturated rings. The van der Waals surface area contributed by atoms with Crippen LogP contribution in [0.5, 0.6) is 0 Å². The van der Waals surface area contributed by atoms with Crippen molar-refractivity contribution in [3.63, 3.8) is 0 Å². The van der Waals surface area contributed by atoms with Gasteiger partial charge in [0.2, 0.25) is 0 Å². The maximum atomic E-state index is 12.7. The Morgan fingerprint density at radius 2 is 1.71 bits per heavy atom. The van der Waals surface area contributed by atoms with Crippen molar-refractivity contribution < 1.29 is 0 Å². The van der Waals surface area contributed by atoms with Gasteiger partial charge in [-0.25, -0.2) is 15.0 Å². The van der Waals surface area contributed by atoms with Crippen LogP contribution in [0.2, 0.25) is 0 Å². The molecular formula is C23H25N7O. The number of rotatable bonds is 3. The third-order valence-corrected chi connectivity index (χ3v) is 5.86. The maximum absolute atomic E-state index is 12.7. The van der Waals surface area contributed by atoms with E-state index in [1.165, 1.54) is 0 Å². The molecule has 0 radical (unpaired) electrons. The first-order chi connectivity index (χ1) is 15.0. The van der Waals surface area contributed by atoms with Crippen molar-refractivity contribution in [2.75, 3.05) is 36.0 Å². The molecule has 1 aliphatic rings. The number of nitrogens with zero attached hydrogens (tertiary/aromatic N) is 7. The summed E-state index contributed by atoms with van der Waals surface area (Å²) in [5, 5.41) is 1.69. The normalized spacial score (nSPS) is 14.7. The molecule has 0 unspecified atom stereocenters. The summed E-state index contributed by atoms with van der Waals surface area (Å²) in [6, 6.07) is 8.03. The van der Waals surface area contributed by atoms with Gasteiger partial charge in [-0.05, 0) is 45.0 Å². The van der Waals surface area contributed by atoms with Gasteiger partial charge < -0.3 is 9.80 Å². The zero-order chi connectivity index (χ0) is 21.5. The molecule has 1 aromatic carbocycles. The topological polar surface area (TPSA) is 80.0 Å². The SMILES string of the molecule is Cc1nc(N2CCN(c3ccc4c(=O)n(C(C)C)cnc4c3)CC2)c2ccncc2n1. The first-order valence-corrected chi connectivity index (χ1v) is 10.6. The molecule has 0 aliphatic carbocycles. The Morgan fingerprint density at radius 3 is 2.48 bits per heavy atom.